The molecule has 0 bridgehead atoms. The van der Waals surface area contributed by atoms with Gasteiger partial charge in [-0.3, -0.25) is 0 Å². The molecule has 0 aliphatic carbocycles. The summed E-state index contributed by atoms with van der Waals surface area (Å²) in [6, 6.07) is 11.2. The van der Waals surface area contributed by atoms with E-state index in [2.05, 4.69) is 48.7 Å². The van der Waals surface area contributed by atoms with Crippen molar-refractivity contribution in [2.75, 3.05) is 0 Å². The number of hydrogen-bond donors (Lipinski definition) is 0. The lowest BCUT2D eigenvalue weighted by Crippen LogP contribution is -2.03. The molecule has 0 N–H and O–H groups in total. The van der Waals surface area contributed by atoms with E-state index in [0.717, 1.165) is 0 Å². The fourth-order valence-corrected chi connectivity index (χ4v) is 2.81. The number of para-hydroxylation sites is 1. The van der Waals surface area contributed by atoms with E-state index in [-0.39, 0.29) is 0 Å². The van der Waals surface area contributed by atoms with Gasteiger partial charge >= 0.3 is 0 Å². The van der Waals surface area contributed by atoms with Gasteiger partial charge in [0.15, 0.2) is 0 Å². The number of hydrogen-bond acceptors (Lipinski definition) is 0. The lowest BCUT2D eigenvalue weighted by molar-refractivity contribution is 0.587. The first-order valence-electron chi connectivity index (χ1n) is 7.94. The minimum Gasteiger partial charge on any atom is -0.345 e. The van der Waals surface area contributed by atoms with Crippen LogP contribution in [0, 0.1) is 0 Å². The van der Waals surface area contributed by atoms with Gasteiger partial charge in [0.25, 0.3) is 0 Å². The highest BCUT2D eigenvalue weighted by Crippen LogP contribution is 2.22. The van der Waals surface area contributed by atoms with Crippen molar-refractivity contribution in [3.05, 3.63) is 36.0 Å². The Labute approximate surface area is 117 Å². The number of rotatable bonds is 8. The molecule has 0 aliphatic rings. The van der Waals surface area contributed by atoms with E-state index in [1.165, 1.54) is 68.1 Å². The number of benzene rings is 1. The summed E-state index contributed by atoms with van der Waals surface area (Å²) >= 11 is 0. The van der Waals surface area contributed by atoms with Crippen LogP contribution in [-0.2, 0) is 13.0 Å². The van der Waals surface area contributed by atoms with Crippen molar-refractivity contribution in [3.63, 3.8) is 0 Å². The largest absolute Gasteiger partial charge is 0.345 e. The maximum atomic E-state index is 2.56. The van der Waals surface area contributed by atoms with E-state index in [1.807, 2.05) is 0 Å². The average molecular weight is 257 g/mol. The highest BCUT2D eigenvalue weighted by atomic mass is 15.0. The molecule has 2 aromatic rings. The fourth-order valence-electron chi connectivity index (χ4n) is 2.81. The first-order chi connectivity index (χ1) is 9.36. The molecule has 0 aliphatic heterocycles. The molecule has 19 heavy (non-hydrogen) atoms. The molecule has 0 radical (unpaired) electrons. The normalized spacial score (nSPS) is 11.3. The van der Waals surface area contributed by atoms with Gasteiger partial charge in [-0.25, -0.2) is 0 Å². The van der Waals surface area contributed by atoms with Crippen LogP contribution >= 0.6 is 0 Å². The van der Waals surface area contributed by atoms with Crippen molar-refractivity contribution >= 4 is 10.9 Å². The summed E-state index contributed by atoms with van der Waals surface area (Å²) < 4.78 is 2.56. The molecule has 0 spiro atoms. The summed E-state index contributed by atoms with van der Waals surface area (Å²) in [5.41, 5.74) is 2.95. The van der Waals surface area contributed by atoms with Crippen LogP contribution in [0.4, 0.5) is 0 Å². The first kappa shape index (κ1) is 14.2. The topological polar surface area (TPSA) is 4.93 Å². The summed E-state index contributed by atoms with van der Waals surface area (Å²) in [6.07, 6.45) is 9.13. The molecule has 1 aromatic carbocycles. The maximum Gasteiger partial charge on any atom is 0.0482 e. The van der Waals surface area contributed by atoms with Gasteiger partial charge < -0.3 is 4.57 Å². The zero-order valence-electron chi connectivity index (χ0n) is 12.5. The Balaban J connectivity index is 2.18. The van der Waals surface area contributed by atoms with E-state index in [4.69, 9.17) is 0 Å². The number of unbranched alkanes of at least 4 members (excludes halogenated alkanes) is 4. The van der Waals surface area contributed by atoms with Crippen LogP contribution in [0.25, 0.3) is 10.9 Å². The van der Waals surface area contributed by atoms with Crippen molar-refractivity contribution in [1.82, 2.24) is 4.57 Å². The quantitative estimate of drug-likeness (QED) is 0.545. The Bertz CT molecular complexity index is 495. The summed E-state index contributed by atoms with van der Waals surface area (Å²) in [4.78, 5) is 0. The second kappa shape index (κ2) is 7.37. The SMILES string of the molecule is CCCCCc1cc2ccccc2n1CCCCC. The summed E-state index contributed by atoms with van der Waals surface area (Å²) in [5, 5.41) is 1.41. The molecule has 0 atom stereocenters. The number of nitrogens with zero attached hydrogens (tertiary/aromatic N) is 1. The van der Waals surface area contributed by atoms with Crippen molar-refractivity contribution < 1.29 is 0 Å². The summed E-state index contributed by atoms with van der Waals surface area (Å²) in [5.74, 6) is 0. The second-order valence-corrected chi connectivity index (χ2v) is 5.51. The molecule has 0 saturated carbocycles. The van der Waals surface area contributed by atoms with Crippen LogP contribution in [0.5, 0.6) is 0 Å². The summed E-state index contributed by atoms with van der Waals surface area (Å²) in [7, 11) is 0. The third-order valence-corrected chi connectivity index (χ3v) is 3.92. The van der Waals surface area contributed by atoms with Crippen molar-refractivity contribution in [1.29, 1.82) is 0 Å². The Morgan fingerprint density at radius 2 is 1.63 bits per heavy atom. The smallest absolute Gasteiger partial charge is 0.0482 e. The maximum absolute atomic E-state index is 2.56. The Morgan fingerprint density at radius 3 is 2.42 bits per heavy atom. The van der Waals surface area contributed by atoms with Crippen molar-refractivity contribution in [3.8, 4) is 0 Å². The van der Waals surface area contributed by atoms with E-state index in [0.29, 0.717) is 0 Å². The van der Waals surface area contributed by atoms with Crippen LogP contribution in [0.2, 0.25) is 0 Å². The second-order valence-electron chi connectivity index (χ2n) is 5.51. The molecule has 1 nitrogen and oxygen atoms in total. The van der Waals surface area contributed by atoms with Crippen LogP contribution in [0.3, 0.4) is 0 Å². The molecule has 0 unspecified atom stereocenters. The van der Waals surface area contributed by atoms with E-state index in [9.17, 15) is 0 Å². The highest BCUT2D eigenvalue weighted by Gasteiger charge is 2.07. The molecule has 0 fully saturated rings. The van der Waals surface area contributed by atoms with E-state index < -0.39 is 0 Å². The minimum atomic E-state index is 1.18. The standard InChI is InChI=1S/C18H27N/c1-3-5-7-12-17-15-16-11-8-9-13-18(16)19(17)14-10-6-4-2/h8-9,11,13,15H,3-7,10,12,14H2,1-2H3. The van der Waals surface area contributed by atoms with Crippen LogP contribution in [-0.4, -0.2) is 4.57 Å². The van der Waals surface area contributed by atoms with Gasteiger partial charge in [0.05, 0.1) is 0 Å². The van der Waals surface area contributed by atoms with Gasteiger partial charge in [-0.2, -0.15) is 0 Å². The Kier molecular flexibility index (Phi) is 5.50. The summed E-state index contributed by atoms with van der Waals surface area (Å²) in [6.45, 7) is 5.73. The molecule has 2 rings (SSSR count). The lowest BCUT2D eigenvalue weighted by Gasteiger charge is -2.10. The average Bonchev–Trinajstić information content (AvgIpc) is 2.78. The highest BCUT2D eigenvalue weighted by molar-refractivity contribution is 5.81. The number of fused-ring (bicyclic) bond motifs is 1. The fraction of sp³-hybridized carbons (Fsp3) is 0.556. The van der Waals surface area contributed by atoms with Gasteiger partial charge in [-0.05, 0) is 36.8 Å². The minimum absolute atomic E-state index is 1.18. The monoisotopic (exact) mass is 257 g/mol. The molecule has 0 amide bonds. The van der Waals surface area contributed by atoms with Gasteiger partial charge in [0.2, 0.25) is 0 Å². The molecule has 0 saturated heterocycles. The molecular weight excluding hydrogens is 230 g/mol. The van der Waals surface area contributed by atoms with E-state index in [1.54, 1.807) is 0 Å². The van der Waals surface area contributed by atoms with Gasteiger partial charge in [0, 0.05) is 17.8 Å². The molecule has 1 heteroatoms. The van der Waals surface area contributed by atoms with Crippen molar-refractivity contribution in [2.24, 2.45) is 0 Å². The predicted octanol–water partition coefficient (Wildman–Crippen LogP) is 5.56. The van der Waals surface area contributed by atoms with Gasteiger partial charge in [-0.1, -0.05) is 57.7 Å². The van der Waals surface area contributed by atoms with Gasteiger partial charge in [-0.15, -0.1) is 0 Å². The third kappa shape index (κ3) is 3.62. The van der Waals surface area contributed by atoms with Gasteiger partial charge in [0.1, 0.15) is 0 Å². The number of aryl methyl sites for hydroxylation is 2. The molecule has 1 aromatic heterocycles. The van der Waals surface area contributed by atoms with Crippen LogP contribution in [0.15, 0.2) is 30.3 Å². The zero-order valence-corrected chi connectivity index (χ0v) is 12.5. The molecule has 1 heterocycles. The first-order valence-corrected chi connectivity index (χ1v) is 7.94. The molecular formula is C18H27N. The molecule has 104 valence electrons. The predicted molar refractivity (Wildman–Crippen MR) is 84.7 cm³/mol. The van der Waals surface area contributed by atoms with Crippen LogP contribution < -0.4 is 0 Å². The van der Waals surface area contributed by atoms with Crippen LogP contribution in [0.1, 0.15) is 58.1 Å². The Hall–Kier alpha value is -1.24. The Morgan fingerprint density at radius 1 is 0.895 bits per heavy atom. The zero-order chi connectivity index (χ0) is 13.5. The number of aromatic nitrogens is 1. The van der Waals surface area contributed by atoms with E-state index >= 15 is 0 Å². The third-order valence-electron chi connectivity index (χ3n) is 3.92. The lowest BCUT2D eigenvalue weighted by atomic mass is 10.1. The van der Waals surface area contributed by atoms with Crippen molar-refractivity contribution in [2.45, 2.75) is 65.3 Å².